The molecule has 134 valence electrons. The average Bonchev–Trinajstić information content (AvgIpc) is 3.29. The number of benzene rings is 2. The van der Waals surface area contributed by atoms with Crippen LogP contribution in [-0.4, -0.2) is 36.7 Å². The van der Waals surface area contributed by atoms with Crippen LogP contribution >= 0.6 is 0 Å². The molecule has 0 N–H and O–H groups in total. The topological polar surface area (TPSA) is 59.1 Å². The Morgan fingerprint density at radius 3 is 2.46 bits per heavy atom. The SMILES string of the molecule is Cc1ccc([C@@H]2[C@@H](C(=O)N3CCOC3=O)CON2c2ccccc2)cc1. The van der Waals surface area contributed by atoms with Crippen LogP contribution < -0.4 is 5.06 Å². The number of carbonyl (C=O) groups is 2. The summed E-state index contributed by atoms with van der Waals surface area (Å²) in [4.78, 5) is 31.9. The van der Waals surface area contributed by atoms with Gasteiger partial charge < -0.3 is 4.74 Å². The van der Waals surface area contributed by atoms with Gasteiger partial charge in [0.15, 0.2) is 0 Å². The zero-order valence-corrected chi connectivity index (χ0v) is 14.5. The van der Waals surface area contributed by atoms with Gasteiger partial charge in [0, 0.05) is 0 Å². The molecule has 0 bridgehead atoms. The number of rotatable bonds is 3. The van der Waals surface area contributed by atoms with Crippen molar-refractivity contribution < 1.29 is 19.2 Å². The number of nitrogens with zero attached hydrogens (tertiary/aromatic N) is 2. The van der Waals surface area contributed by atoms with Crippen LogP contribution in [0.25, 0.3) is 0 Å². The van der Waals surface area contributed by atoms with Gasteiger partial charge in [-0.25, -0.2) is 14.8 Å². The lowest BCUT2D eigenvalue weighted by Gasteiger charge is -2.28. The minimum absolute atomic E-state index is 0.218. The first-order chi connectivity index (χ1) is 12.6. The van der Waals surface area contributed by atoms with Crippen molar-refractivity contribution in [2.45, 2.75) is 13.0 Å². The number of carbonyl (C=O) groups excluding carboxylic acids is 2. The number of aryl methyl sites for hydroxylation is 1. The molecule has 2 saturated heterocycles. The molecule has 0 saturated carbocycles. The van der Waals surface area contributed by atoms with Crippen molar-refractivity contribution in [1.29, 1.82) is 0 Å². The Kier molecular flexibility index (Phi) is 4.34. The van der Waals surface area contributed by atoms with Gasteiger partial charge in [-0.2, -0.15) is 0 Å². The summed E-state index contributed by atoms with van der Waals surface area (Å²) in [5, 5.41) is 1.77. The second-order valence-electron chi connectivity index (χ2n) is 6.52. The van der Waals surface area contributed by atoms with E-state index in [0.717, 1.165) is 16.8 Å². The van der Waals surface area contributed by atoms with Crippen molar-refractivity contribution in [2.24, 2.45) is 5.92 Å². The van der Waals surface area contributed by atoms with E-state index in [0.29, 0.717) is 6.54 Å². The lowest BCUT2D eigenvalue weighted by atomic mass is 9.92. The van der Waals surface area contributed by atoms with E-state index in [9.17, 15) is 9.59 Å². The van der Waals surface area contributed by atoms with Crippen molar-refractivity contribution in [3.8, 4) is 0 Å². The van der Waals surface area contributed by atoms with Crippen LogP contribution in [0.5, 0.6) is 0 Å². The maximum atomic E-state index is 13.0. The Balaban J connectivity index is 1.70. The van der Waals surface area contributed by atoms with Gasteiger partial charge in [-0.15, -0.1) is 0 Å². The molecule has 0 spiro atoms. The first-order valence-corrected chi connectivity index (χ1v) is 8.67. The van der Waals surface area contributed by atoms with Crippen LogP contribution in [0, 0.1) is 12.8 Å². The third-order valence-electron chi connectivity index (χ3n) is 4.80. The van der Waals surface area contributed by atoms with E-state index in [2.05, 4.69) is 0 Å². The fourth-order valence-corrected chi connectivity index (χ4v) is 3.44. The predicted molar refractivity (Wildman–Crippen MR) is 95.3 cm³/mol. The Hall–Kier alpha value is -2.86. The summed E-state index contributed by atoms with van der Waals surface area (Å²) in [6.45, 7) is 2.78. The molecular weight excluding hydrogens is 332 g/mol. The molecule has 0 unspecified atom stereocenters. The fourth-order valence-electron chi connectivity index (χ4n) is 3.44. The van der Waals surface area contributed by atoms with E-state index in [1.807, 2.05) is 61.5 Å². The number of ether oxygens (including phenoxy) is 1. The van der Waals surface area contributed by atoms with E-state index in [-0.39, 0.29) is 25.2 Å². The lowest BCUT2D eigenvalue weighted by molar-refractivity contribution is -0.132. The van der Waals surface area contributed by atoms with Crippen LogP contribution in [0.3, 0.4) is 0 Å². The quantitative estimate of drug-likeness (QED) is 0.850. The highest BCUT2D eigenvalue weighted by Gasteiger charge is 2.45. The number of para-hydroxylation sites is 1. The average molecular weight is 352 g/mol. The van der Waals surface area contributed by atoms with Gasteiger partial charge in [-0.3, -0.25) is 9.63 Å². The third kappa shape index (κ3) is 2.93. The molecule has 2 aliphatic heterocycles. The second kappa shape index (κ2) is 6.80. The third-order valence-corrected chi connectivity index (χ3v) is 4.80. The molecule has 4 rings (SSSR count). The molecule has 2 atom stereocenters. The smallest absolute Gasteiger partial charge is 0.416 e. The molecule has 0 aromatic heterocycles. The van der Waals surface area contributed by atoms with Crippen molar-refractivity contribution in [2.75, 3.05) is 24.8 Å². The molecule has 2 heterocycles. The highest BCUT2D eigenvalue weighted by molar-refractivity contribution is 5.95. The van der Waals surface area contributed by atoms with Crippen LogP contribution in [0.2, 0.25) is 0 Å². The lowest BCUT2D eigenvalue weighted by Crippen LogP contribution is -2.40. The number of amides is 2. The Morgan fingerprint density at radius 2 is 1.81 bits per heavy atom. The normalized spacial score (nSPS) is 22.6. The summed E-state index contributed by atoms with van der Waals surface area (Å²) in [5.41, 5.74) is 2.99. The second-order valence-corrected chi connectivity index (χ2v) is 6.52. The molecular formula is C20H20N2O4. The van der Waals surface area contributed by atoms with Crippen molar-refractivity contribution in [1.82, 2.24) is 4.90 Å². The van der Waals surface area contributed by atoms with Gasteiger partial charge in [0.25, 0.3) is 0 Å². The molecule has 2 aromatic carbocycles. The van der Waals surface area contributed by atoms with Crippen molar-refractivity contribution in [3.05, 3.63) is 65.7 Å². The number of hydrogen-bond donors (Lipinski definition) is 0. The molecule has 2 amide bonds. The molecule has 2 aromatic rings. The van der Waals surface area contributed by atoms with Gasteiger partial charge in [-0.1, -0.05) is 48.0 Å². The van der Waals surface area contributed by atoms with Gasteiger partial charge in [-0.05, 0) is 24.6 Å². The highest BCUT2D eigenvalue weighted by atomic mass is 16.7. The van der Waals surface area contributed by atoms with E-state index >= 15 is 0 Å². The van der Waals surface area contributed by atoms with Crippen LogP contribution in [0.4, 0.5) is 10.5 Å². The van der Waals surface area contributed by atoms with Crippen LogP contribution in [0.15, 0.2) is 54.6 Å². The van der Waals surface area contributed by atoms with Crippen LogP contribution in [0.1, 0.15) is 17.2 Å². The Labute approximate surface area is 151 Å². The Bertz CT molecular complexity index is 806. The number of imide groups is 1. The van der Waals surface area contributed by atoms with E-state index in [1.165, 1.54) is 4.90 Å². The minimum atomic E-state index is -0.573. The molecule has 6 nitrogen and oxygen atoms in total. The molecule has 6 heteroatoms. The zero-order valence-electron chi connectivity index (χ0n) is 14.5. The predicted octanol–water partition coefficient (Wildman–Crippen LogP) is 3.08. The minimum Gasteiger partial charge on any atom is -0.447 e. The zero-order chi connectivity index (χ0) is 18.1. The summed E-state index contributed by atoms with van der Waals surface area (Å²) in [7, 11) is 0. The first kappa shape index (κ1) is 16.6. The number of cyclic esters (lactones) is 1. The maximum Gasteiger partial charge on any atom is 0.416 e. The summed E-state index contributed by atoms with van der Waals surface area (Å²) in [5.74, 6) is -0.736. The molecule has 2 fully saturated rings. The van der Waals surface area contributed by atoms with Gasteiger partial charge >= 0.3 is 6.09 Å². The largest absolute Gasteiger partial charge is 0.447 e. The van der Waals surface area contributed by atoms with E-state index < -0.39 is 12.0 Å². The number of hydrogen-bond acceptors (Lipinski definition) is 5. The maximum absolute atomic E-state index is 13.0. The van der Waals surface area contributed by atoms with E-state index in [4.69, 9.17) is 9.57 Å². The molecule has 26 heavy (non-hydrogen) atoms. The number of anilines is 1. The highest BCUT2D eigenvalue weighted by Crippen LogP contribution is 2.40. The summed E-state index contributed by atoms with van der Waals surface area (Å²) >= 11 is 0. The molecule has 0 aliphatic carbocycles. The Morgan fingerprint density at radius 1 is 1.08 bits per heavy atom. The summed E-state index contributed by atoms with van der Waals surface area (Å²) in [6.07, 6.45) is -0.573. The number of hydroxylamine groups is 1. The van der Waals surface area contributed by atoms with Crippen molar-refractivity contribution >= 4 is 17.7 Å². The molecule has 0 radical (unpaired) electrons. The first-order valence-electron chi connectivity index (χ1n) is 8.67. The molecule has 2 aliphatic rings. The summed E-state index contributed by atoms with van der Waals surface area (Å²) < 4.78 is 4.93. The summed E-state index contributed by atoms with van der Waals surface area (Å²) in [6, 6.07) is 17.4. The standard InChI is InChI=1S/C20H20N2O4/c1-14-7-9-15(10-8-14)18-17(19(23)21-11-12-25-20(21)24)13-26-22(18)16-5-3-2-4-6-16/h2-10,17-18H,11-13H2,1H3/t17-,18+/m0/s1. The fraction of sp³-hybridized carbons (Fsp3) is 0.300. The van der Waals surface area contributed by atoms with Gasteiger partial charge in [0.1, 0.15) is 6.61 Å². The van der Waals surface area contributed by atoms with Crippen LogP contribution in [-0.2, 0) is 14.4 Å². The van der Waals surface area contributed by atoms with Gasteiger partial charge in [0.2, 0.25) is 5.91 Å². The van der Waals surface area contributed by atoms with Crippen molar-refractivity contribution in [3.63, 3.8) is 0 Å². The van der Waals surface area contributed by atoms with Gasteiger partial charge in [0.05, 0.1) is 30.8 Å². The van der Waals surface area contributed by atoms with E-state index in [1.54, 1.807) is 5.06 Å². The monoisotopic (exact) mass is 352 g/mol.